The van der Waals surface area contributed by atoms with Gasteiger partial charge in [0.15, 0.2) is 16.9 Å². The van der Waals surface area contributed by atoms with E-state index in [0.717, 1.165) is 6.07 Å². The van der Waals surface area contributed by atoms with Crippen LogP contribution in [-0.2, 0) is 12.8 Å². The fourth-order valence-electron chi connectivity index (χ4n) is 3.19. The van der Waals surface area contributed by atoms with Gasteiger partial charge < -0.3 is 24.5 Å². The largest absolute Gasteiger partial charge is 0.507 e. The van der Waals surface area contributed by atoms with Crippen LogP contribution < -0.4 is 10.2 Å². The highest BCUT2D eigenvalue weighted by molar-refractivity contribution is 5.89. The van der Waals surface area contributed by atoms with Gasteiger partial charge in [-0.15, -0.1) is 13.2 Å². The number of phenols is 3. The van der Waals surface area contributed by atoms with Crippen LogP contribution in [0.3, 0.4) is 0 Å². The first-order valence-corrected chi connectivity index (χ1v) is 8.55. The van der Waals surface area contributed by atoms with Gasteiger partial charge in [-0.2, -0.15) is 0 Å². The Morgan fingerprint density at radius 2 is 1.71 bits per heavy atom. The normalized spacial score (nSPS) is 10.8. The van der Waals surface area contributed by atoms with E-state index in [-0.39, 0.29) is 46.1 Å². The lowest BCUT2D eigenvalue weighted by molar-refractivity contribution is 0.371. The maximum atomic E-state index is 12.7. The van der Waals surface area contributed by atoms with Crippen LogP contribution in [0.2, 0.25) is 0 Å². The third-order valence-electron chi connectivity index (χ3n) is 4.49. The summed E-state index contributed by atoms with van der Waals surface area (Å²) in [5.41, 5.74) is 0.888. The predicted molar refractivity (Wildman–Crippen MR) is 107 cm³/mol. The smallest absolute Gasteiger partial charge is 0.197 e. The van der Waals surface area contributed by atoms with Gasteiger partial charge in [-0.3, -0.25) is 4.79 Å². The van der Waals surface area contributed by atoms with Gasteiger partial charge in [-0.05, 0) is 25.0 Å². The molecule has 0 fully saturated rings. The third-order valence-corrected chi connectivity index (χ3v) is 4.49. The van der Waals surface area contributed by atoms with Crippen LogP contribution in [0.25, 0.3) is 22.3 Å². The van der Waals surface area contributed by atoms with Crippen molar-refractivity contribution >= 4 is 11.0 Å². The lowest BCUT2D eigenvalue weighted by atomic mass is 9.99. The van der Waals surface area contributed by atoms with Gasteiger partial charge in [-0.25, -0.2) is 0 Å². The molecule has 0 saturated heterocycles. The zero-order valence-corrected chi connectivity index (χ0v) is 15.4. The van der Waals surface area contributed by atoms with Crippen LogP contribution in [0.15, 0.2) is 58.8 Å². The Bertz CT molecular complexity index is 1140. The molecule has 0 aliphatic rings. The summed E-state index contributed by atoms with van der Waals surface area (Å²) in [5.74, 6) is -0.180. The topological polar surface area (TPSA) is 100 Å². The molecule has 1 heterocycles. The number of fused-ring (bicyclic) bond motifs is 1. The molecule has 0 bridgehead atoms. The van der Waals surface area contributed by atoms with Gasteiger partial charge >= 0.3 is 0 Å². The minimum absolute atomic E-state index is 0.0265. The molecule has 0 aliphatic carbocycles. The van der Waals surface area contributed by atoms with E-state index in [1.807, 2.05) is 0 Å². The van der Waals surface area contributed by atoms with E-state index < -0.39 is 5.43 Å². The second-order valence-electron chi connectivity index (χ2n) is 6.20. The van der Waals surface area contributed by atoms with E-state index in [2.05, 4.69) is 13.2 Å². The first-order chi connectivity index (χ1) is 13.4. The summed E-state index contributed by atoms with van der Waals surface area (Å²) < 4.78 is 11.1. The Hall–Kier alpha value is -3.67. The van der Waals surface area contributed by atoms with Crippen molar-refractivity contribution in [3.8, 4) is 34.3 Å². The third kappa shape index (κ3) is 3.09. The van der Waals surface area contributed by atoms with Crippen LogP contribution in [0.4, 0.5) is 0 Å². The van der Waals surface area contributed by atoms with Crippen molar-refractivity contribution in [3.63, 3.8) is 0 Å². The summed E-state index contributed by atoms with van der Waals surface area (Å²) in [6, 6.07) is 5.58. The molecule has 3 N–H and O–H groups in total. The minimum Gasteiger partial charge on any atom is -0.507 e. The molecule has 0 saturated carbocycles. The highest BCUT2D eigenvalue weighted by Crippen LogP contribution is 2.40. The zero-order chi connectivity index (χ0) is 20.4. The van der Waals surface area contributed by atoms with Crippen molar-refractivity contribution in [1.82, 2.24) is 0 Å². The van der Waals surface area contributed by atoms with Crippen LogP contribution in [0.5, 0.6) is 23.0 Å². The lowest BCUT2D eigenvalue weighted by Crippen LogP contribution is -2.04. The molecule has 2 aromatic carbocycles. The summed E-state index contributed by atoms with van der Waals surface area (Å²) in [6.45, 7) is 7.34. The van der Waals surface area contributed by atoms with Crippen molar-refractivity contribution in [2.45, 2.75) is 12.8 Å². The average molecular weight is 380 g/mol. The molecular weight excluding hydrogens is 360 g/mol. The molecule has 0 aliphatic heterocycles. The molecule has 144 valence electrons. The number of benzene rings is 2. The molecule has 3 aromatic rings. The number of allylic oxidation sites excluding steroid dienone is 2. The van der Waals surface area contributed by atoms with Crippen LogP contribution in [0, 0.1) is 0 Å². The summed E-state index contributed by atoms with van der Waals surface area (Å²) in [4.78, 5) is 12.7. The van der Waals surface area contributed by atoms with E-state index in [4.69, 9.17) is 9.15 Å². The van der Waals surface area contributed by atoms with Crippen molar-refractivity contribution in [1.29, 1.82) is 0 Å². The maximum Gasteiger partial charge on any atom is 0.197 e. The van der Waals surface area contributed by atoms with Crippen molar-refractivity contribution < 1.29 is 24.5 Å². The number of aromatic hydroxyl groups is 3. The molecule has 6 nitrogen and oxygen atoms in total. The first kappa shape index (κ1) is 19.1. The number of ether oxygens (including phenoxy) is 1. The van der Waals surface area contributed by atoms with Crippen LogP contribution in [0.1, 0.15) is 11.1 Å². The molecule has 0 unspecified atom stereocenters. The number of rotatable bonds is 6. The second-order valence-corrected chi connectivity index (χ2v) is 6.20. The second kappa shape index (κ2) is 7.52. The molecule has 3 rings (SSSR count). The Balaban J connectivity index is 2.38. The average Bonchev–Trinajstić information content (AvgIpc) is 2.66. The lowest BCUT2D eigenvalue weighted by Gasteiger charge is -2.14. The van der Waals surface area contributed by atoms with Crippen LogP contribution in [-0.4, -0.2) is 22.4 Å². The van der Waals surface area contributed by atoms with Gasteiger partial charge in [0.1, 0.15) is 28.2 Å². The van der Waals surface area contributed by atoms with E-state index in [0.29, 0.717) is 23.1 Å². The van der Waals surface area contributed by atoms with Gasteiger partial charge in [0, 0.05) is 28.8 Å². The fourth-order valence-corrected chi connectivity index (χ4v) is 3.19. The maximum absolute atomic E-state index is 12.7. The zero-order valence-electron chi connectivity index (χ0n) is 15.4. The van der Waals surface area contributed by atoms with Crippen molar-refractivity contribution in [3.05, 3.63) is 70.9 Å². The molecule has 0 amide bonds. The van der Waals surface area contributed by atoms with E-state index in [1.54, 1.807) is 24.3 Å². The summed E-state index contributed by atoms with van der Waals surface area (Å²) >= 11 is 0. The number of methoxy groups -OCH3 is 1. The molecule has 0 spiro atoms. The Labute approximate surface area is 161 Å². The molecular formula is C22H20O6. The van der Waals surface area contributed by atoms with Crippen molar-refractivity contribution in [2.24, 2.45) is 0 Å². The monoisotopic (exact) mass is 380 g/mol. The molecule has 0 atom stereocenters. The molecule has 6 heteroatoms. The van der Waals surface area contributed by atoms with Gasteiger partial charge in [0.25, 0.3) is 0 Å². The first-order valence-electron chi connectivity index (χ1n) is 8.55. The van der Waals surface area contributed by atoms with E-state index in [1.165, 1.54) is 13.2 Å². The SMILES string of the molecule is C=CCc1c(-c2cc(=O)c3c(O)cc(O)c(CC=C)c3o2)ccc(OC)c1O. The molecule has 28 heavy (non-hydrogen) atoms. The quantitative estimate of drug-likeness (QED) is 0.558. The fraction of sp³-hybridized carbons (Fsp3) is 0.136. The summed E-state index contributed by atoms with van der Waals surface area (Å²) in [7, 11) is 1.44. The Kier molecular flexibility index (Phi) is 5.13. The van der Waals surface area contributed by atoms with Gasteiger partial charge in [0.05, 0.1) is 7.11 Å². The minimum atomic E-state index is -0.473. The van der Waals surface area contributed by atoms with E-state index >= 15 is 0 Å². The van der Waals surface area contributed by atoms with Crippen molar-refractivity contribution in [2.75, 3.05) is 7.11 Å². The standard InChI is InChI=1S/C22H20O6/c1-4-6-13-12(8-9-18(27-3)21(13)26)19-11-17(25)20-16(24)10-15(23)14(7-5-2)22(20)28-19/h4-5,8-11,23-24,26H,1-2,6-7H2,3H3. The summed E-state index contributed by atoms with van der Waals surface area (Å²) in [6.07, 6.45) is 3.71. The number of phenolic OH excluding ortho intramolecular Hbond substituents is 3. The Morgan fingerprint density at radius 1 is 1.04 bits per heavy atom. The van der Waals surface area contributed by atoms with Gasteiger partial charge in [-0.1, -0.05) is 12.2 Å². The summed E-state index contributed by atoms with van der Waals surface area (Å²) in [5, 5.41) is 30.8. The molecule has 0 radical (unpaired) electrons. The van der Waals surface area contributed by atoms with Gasteiger partial charge in [0.2, 0.25) is 0 Å². The van der Waals surface area contributed by atoms with E-state index in [9.17, 15) is 20.1 Å². The predicted octanol–water partition coefficient (Wildman–Crippen LogP) is 4.04. The number of hydrogen-bond donors (Lipinski definition) is 3. The highest BCUT2D eigenvalue weighted by atomic mass is 16.5. The Morgan fingerprint density at radius 3 is 2.36 bits per heavy atom. The molecule has 1 aromatic heterocycles. The van der Waals surface area contributed by atoms with Crippen LogP contribution >= 0.6 is 0 Å². The highest BCUT2D eigenvalue weighted by Gasteiger charge is 2.20. The number of hydrogen-bond acceptors (Lipinski definition) is 6.